The maximum atomic E-state index is 2.47. The third-order valence-corrected chi connectivity index (χ3v) is 17.0. The van der Waals surface area contributed by atoms with Crippen LogP contribution in [0.5, 0.6) is 0 Å². The van der Waals surface area contributed by atoms with E-state index in [1.807, 2.05) is 11.3 Å². The molecular weight excluding hydrogens is 913 g/mol. The normalized spacial score (nSPS) is 12.7. The molecule has 1 aliphatic carbocycles. The van der Waals surface area contributed by atoms with E-state index in [1.54, 1.807) is 0 Å². The molecular formula is C71H46N2S. The van der Waals surface area contributed by atoms with Gasteiger partial charge in [-0.1, -0.05) is 224 Å². The van der Waals surface area contributed by atoms with E-state index >= 15 is 0 Å². The summed E-state index contributed by atoms with van der Waals surface area (Å²) in [6, 6.07) is 103. The zero-order valence-electron chi connectivity index (χ0n) is 40.4. The molecule has 0 amide bonds. The first-order valence-corrected chi connectivity index (χ1v) is 26.3. The third kappa shape index (κ3) is 6.37. The lowest BCUT2D eigenvalue weighted by Crippen LogP contribution is -2.28. The number of fused-ring (bicyclic) bond motifs is 11. The average molecular weight is 959 g/mol. The number of anilines is 3. The van der Waals surface area contributed by atoms with Crippen molar-refractivity contribution in [1.29, 1.82) is 0 Å². The highest BCUT2D eigenvalue weighted by Crippen LogP contribution is 2.57. The Kier molecular flexibility index (Phi) is 9.70. The molecule has 14 aromatic rings. The second-order valence-electron chi connectivity index (χ2n) is 19.5. The van der Waals surface area contributed by atoms with Crippen LogP contribution in [0.25, 0.3) is 91.8 Å². The highest BCUT2D eigenvalue weighted by atomic mass is 32.1. The van der Waals surface area contributed by atoms with Crippen molar-refractivity contribution >= 4 is 81.1 Å². The van der Waals surface area contributed by atoms with Crippen LogP contribution in [0.4, 0.5) is 17.1 Å². The highest BCUT2D eigenvalue weighted by molar-refractivity contribution is 7.27. The molecule has 0 atom stereocenters. The fourth-order valence-corrected chi connectivity index (χ4v) is 13.8. The van der Waals surface area contributed by atoms with Crippen molar-refractivity contribution in [3.05, 3.63) is 301 Å². The second-order valence-corrected chi connectivity index (χ2v) is 20.5. The van der Waals surface area contributed by atoms with E-state index in [1.165, 1.54) is 103 Å². The van der Waals surface area contributed by atoms with Gasteiger partial charge in [-0.15, -0.1) is 11.3 Å². The quantitative estimate of drug-likeness (QED) is 0.147. The zero-order chi connectivity index (χ0) is 48.7. The summed E-state index contributed by atoms with van der Waals surface area (Å²) >= 11 is 1.91. The minimum atomic E-state index is -0.533. The van der Waals surface area contributed by atoms with Crippen LogP contribution in [0, 0.1) is 0 Å². The van der Waals surface area contributed by atoms with Gasteiger partial charge in [-0.2, -0.15) is 0 Å². The van der Waals surface area contributed by atoms with Gasteiger partial charge in [-0.25, -0.2) is 0 Å². The minimum Gasteiger partial charge on any atom is -0.310 e. The van der Waals surface area contributed by atoms with Crippen LogP contribution in [0.15, 0.2) is 279 Å². The Morgan fingerprint density at radius 2 is 0.811 bits per heavy atom. The number of hydrogen-bond donors (Lipinski definition) is 0. The van der Waals surface area contributed by atoms with E-state index < -0.39 is 5.41 Å². The summed E-state index contributed by atoms with van der Waals surface area (Å²) in [7, 11) is 0. The summed E-state index contributed by atoms with van der Waals surface area (Å²) in [4.78, 5) is 2.45. The topological polar surface area (TPSA) is 8.17 Å². The molecule has 0 radical (unpaired) electrons. The number of thiophene rings is 1. The van der Waals surface area contributed by atoms with Crippen molar-refractivity contribution in [2.45, 2.75) is 5.41 Å². The fourth-order valence-electron chi connectivity index (χ4n) is 12.4. The van der Waals surface area contributed by atoms with Crippen molar-refractivity contribution in [3.8, 4) is 39.1 Å². The Bertz CT molecular complexity index is 4380. The summed E-state index contributed by atoms with van der Waals surface area (Å²) in [5, 5.41) is 7.71. The van der Waals surface area contributed by atoms with Crippen molar-refractivity contribution < 1.29 is 0 Å². The van der Waals surface area contributed by atoms with E-state index in [4.69, 9.17) is 0 Å². The number of nitrogens with zero attached hydrogens (tertiary/aromatic N) is 2. The van der Waals surface area contributed by atoms with Crippen LogP contribution in [-0.4, -0.2) is 4.57 Å². The lowest BCUT2D eigenvalue weighted by molar-refractivity contribution is 0.768. The molecule has 1 aliphatic rings. The molecule has 0 saturated carbocycles. The van der Waals surface area contributed by atoms with Gasteiger partial charge in [0, 0.05) is 53.6 Å². The van der Waals surface area contributed by atoms with Crippen LogP contribution < -0.4 is 4.90 Å². The second kappa shape index (κ2) is 16.9. The van der Waals surface area contributed by atoms with Crippen LogP contribution >= 0.6 is 11.3 Å². The molecule has 346 valence electrons. The largest absolute Gasteiger partial charge is 0.310 e. The fraction of sp³-hybridized carbons (Fsp3) is 0.0141. The number of rotatable bonds is 8. The molecule has 0 saturated heterocycles. The van der Waals surface area contributed by atoms with Gasteiger partial charge in [0.25, 0.3) is 0 Å². The van der Waals surface area contributed by atoms with Crippen molar-refractivity contribution in [2.75, 3.05) is 4.90 Å². The van der Waals surface area contributed by atoms with Crippen LogP contribution in [-0.2, 0) is 5.41 Å². The molecule has 12 aromatic carbocycles. The smallest absolute Gasteiger partial charge is 0.0714 e. The highest BCUT2D eigenvalue weighted by Gasteiger charge is 2.46. The molecule has 0 spiro atoms. The Hall–Kier alpha value is -9.28. The van der Waals surface area contributed by atoms with E-state index in [9.17, 15) is 0 Å². The van der Waals surface area contributed by atoms with Gasteiger partial charge in [0.15, 0.2) is 0 Å². The monoisotopic (exact) mass is 958 g/mol. The lowest BCUT2D eigenvalue weighted by atomic mass is 9.67. The Labute approximate surface area is 433 Å². The van der Waals surface area contributed by atoms with E-state index in [0.717, 1.165) is 28.3 Å². The van der Waals surface area contributed by atoms with Crippen LogP contribution in [0.3, 0.4) is 0 Å². The number of para-hydroxylation sites is 3. The van der Waals surface area contributed by atoms with Crippen molar-refractivity contribution in [3.63, 3.8) is 0 Å². The summed E-state index contributed by atoms with van der Waals surface area (Å²) in [5.74, 6) is 0. The Morgan fingerprint density at radius 1 is 0.311 bits per heavy atom. The van der Waals surface area contributed by atoms with E-state index in [0.29, 0.717) is 0 Å². The summed E-state index contributed by atoms with van der Waals surface area (Å²) in [6.07, 6.45) is 0. The van der Waals surface area contributed by atoms with Crippen molar-refractivity contribution in [2.24, 2.45) is 0 Å². The zero-order valence-corrected chi connectivity index (χ0v) is 41.2. The molecule has 0 N–H and O–H groups in total. The minimum absolute atomic E-state index is 0.533. The van der Waals surface area contributed by atoms with Gasteiger partial charge in [0.05, 0.1) is 22.1 Å². The molecule has 0 bridgehead atoms. The van der Waals surface area contributed by atoms with Gasteiger partial charge in [0.2, 0.25) is 0 Å². The van der Waals surface area contributed by atoms with E-state index in [2.05, 4.69) is 289 Å². The van der Waals surface area contributed by atoms with Gasteiger partial charge in [0.1, 0.15) is 0 Å². The predicted molar refractivity (Wildman–Crippen MR) is 314 cm³/mol. The molecule has 74 heavy (non-hydrogen) atoms. The molecule has 2 heterocycles. The first-order chi connectivity index (χ1) is 36.7. The van der Waals surface area contributed by atoms with Crippen LogP contribution in [0.1, 0.15) is 22.3 Å². The molecule has 15 rings (SSSR count). The van der Waals surface area contributed by atoms with Gasteiger partial charge >= 0.3 is 0 Å². The number of aromatic nitrogens is 1. The summed E-state index contributed by atoms with van der Waals surface area (Å²) < 4.78 is 5.09. The Balaban J connectivity index is 0.906. The average Bonchev–Trinajstić information content (AvgIpc) is 4.13. The Morgan fingerprint density at radius 3 is 1.50 bits per heavy atom. The molecule has 0 aliphatic heterocycles. The SMILES string of the molecule is c1ccc(C2(c3ccccc3)c3ccccc3-c3ccc(N(c4ccc(-c5ccccc5-n5c6ccccc6c6ccccc65)cc4)c4ccc(-c5cccc6c5sc5c7ccccc7ccc65)cc4)cc32)cc1. The van der Waals surface area contributed by atoms with E-state index in [-0.39, 0.29) is 0 Å². The molecule has 3 heteroatoms. The first kappa shape index (κ1) is 42.4. The maximum Gasteiger partial charge on any atom is 0.0714 e. The molecule has 0 fully saturated rings. The predicted octanol–water partition coefficient (Wildman–Crippen LogP) is 19.5. The summed E-state index contributed by atoms with van der Waals surface area (Å²) in [5.41, 5.74) is 18.7. The lowest BCUT2D eigenvalue weighted by Gasteiger charge is -2.35. The van der Waals surface area contributed by atoms with Gasteiger partial charge in [-0.05, 0) is 115 Å². The van der Waals surface area contributed by atoms with Gasteiger partial charge in [-0.3, -0.25) is 0 Å². The first-order valence-electron chi connectivity index (χ1n) is 25.5. The van der Waals surface area contributed by atoms with Crippen molar-refractivity contribution in [1.82, 2.24) is 4.57 Å². The molecule has 0 unspecified atom stereocenters. The number of benzene rings is 12. The van der Waals surface area contributed by atoms with Crippen LogP contribution in [0.2, 0.25) is 0 Å². The maximum absolute atomic E-state index is 2.47. The summed E-state index contributed by atoms with van der Waals surface area (Å²) in [6.45, 7) is 0. The molecule has 2 aromatic heterocycles. The van der Waals surface area contributed by atoms with Gasteiger partial charge < -0.3 is 9.47 Å². The third-order valence-electron chi connectivity index (χ3n) is 15.7. The molecule has 2 nitrogen and oxygen atoms in total. The standard InChI is InChI=1S/C71H46N2S/c1-3-19-50(20-4-1)71(51-21-5-2-6-22-51)64-30-13-9-25-58(64)59-45-43-54(46-65(59)71)72(53-41-36-49(37-42-53)57-28-17-29-62-63-44-38-47-18-7-8-24-56(47)70(63)74-69(57)62)52-39-34-48(35-40-52)55-23-10-14-31-66(55)73-67-32-15-11-26-60(67)61-27-12-16-33-68(61)73/h1-46H. The number of hydrogen-bond acceptors (Lipinski definition) is 2.